The fraction of sp³-hybridized carbons (Fsp3) is 0.389. The molecule has 2 N–H and O–H groups in total. The molecule has 10 heteroatoms. The van der Waals surface area contributed by atoms with Gasteiger partial charge in [-0.05, 0) is 30.2 Å². The minimum absolute atomic E-state index is 0.0201. The summed E-state index contributed by atoms with van der Waals surface area (Å²) in [6, 6.07) is 5.20. The molecule has 0 saturated carbocycles. The van der Waals surface area contributed by atoms with Gasteiger partial charge in [0.1, 0.15) is 5.56 Å². The first-order chi connectivity index (χ1) is 13.1. The number of amides is 1. The third-order valence-corrected chi connectivity index (χ3v) is 4.15. The number of nitrogens with zero attached hydrogens (tertiary/aromatic N) is 2. The molecular formula is C18H20F3N3O4. The zero-order valence-electron chi connectivity index (χ0n) is 15.4. The SMILES string of the molecule is COC(CNC(=O)c1ccc(-n2ncc(C(=O)O)c2C(F)(F)F)cc1)C(C)C. The molecule has 1 atom stereocenters. The van der Waals surface area contributed by atoms with E-state index in [1.54, 1.807) is 7.11 Å². The number of carboxylic acids is 1. The van der Waals surface area contributed by atoms with E-state index >= 15 is 0 Å². The van der Waals surface area contributed by atoms with Gasteiger partial charge >= 0.3 is 12.1 Å². The molecule has 0 bridgehead atoms. The molecule has 1 aromatic heterocycles. The zero-order chi connectivity index (χ0) is 21.1. The van der Waals surface area contributed by atoms with Gasteiger partial charge in [0.25, 0.3) is 5.91 Å². The van der Waals surface area contributed by atoms with E-state index in [4.69, 9.17) is 9.84 Å². The number of carbonyl (C=O) groups is 2. The van der Waals surface area contributed by atoms with Crippen LogP contribution < -0.4 is 5.32 Å². The van der Waals surface area contributed by atoms with Crippen LogP contribution in [-0.2, 0) is 10.9 Å². The van der Waals surface area contributed by atoms with Crippen molar-refractivity contribution in [1.29, 1.82) is 0 Å². The Morgan fingerprint density at radius 3 is 2.32 bits per heavy atom. The molecule has 152 valence electrons. The van der Waals surface area contributed by atoms with Crippen molar-refractivity contribution in [2.24, 2.45) is 5.92 Å². The molecule has 0 aliphatic heterocycles. The number of methoxy groups -OCH3 is 1. The number of rotatable bonds is 7. The van der Waals surface area contributed by atoms with E-state index in [1.807, 2.05) is 13.8 Å². The number of aromatic carboxylic acids is 1. The second-order valence-corrected chi connectivity index (χ2v) is 6.40. The predicted molar refractivity (Wildman–Crippen MR) is 93.5 cm³/mol. The van der Waals surface area contributed by atoms with E-state index in [-0.39, 0.29) is 29.8 Å². The molecule has 28 heavy (non-hydrogen) atoms. The molecule has 0 saturated heterocycles. The maximum absolute atomic E-state index is 13.3. The number of ether oxygens (including phenoxy) is 1. The van der Waals surface area contributed by atoms with E-state index in [1.165, 1.54) is 24.3 Å². The average molecular weight is 399 g/mol. The van der Waals surface area contributed by atoms with Gasteiger partial charge in [-0.1, -0.05) is 13.8 Å². The number of nitrogens with one attached hydrogen (secondary N) is 1. The quantitative estimate of drug-likeness (QED) is 0.747. The number of hydrogen-bond donors (Lipinski definition) is 2. The lowest BCUT2D eigenvalue weighted by Gasteiger charge is -2.19. The Morgan fingerprint density at radius 1 is 1.25 bits per heavy atom. The van der Waals surface area contributed by atoms with Gasteiger partial charge in [-0.3, -0.25) is 4.79 Å². The number of alkyl halides is 3. The second-order valence-electron chi connectivity index (χ2n) is 6.40. The summed E-state index contributed by atoms with van der Waals surface area (Å²) in [6.07, 6.45) is -4.44. The highest BCUT2D eigenvalue weighted by Crippen LogP contribution is 2.33. The molecule has 1 unspecified atom stereocenters. The zero-order valence-corrected chi connectivity index (χ0v) is 15.4. The molecule has 2 aromatic rings. The summed E-state index contributed by atoms with van der Waals surface area (Å²) in [4.78, 5) is 23.2. The van der Waals surface area contributed by atoms with E-state index in [9.17, 15) is 22.8 Å². The van der Waals surface area contributed by atoms with Gasteiger partial charge in [0, 0.05) is 19.2 Å². The highest BCUT2D eigenvalue weighted by molar-refractivity contribution is 5.94. The van der Waals surface area contributed by atoms with Crippen LogP contribution in [0.3, 0.4) is 0 Å². The Labute approximate surface area is 159 Å². The summed E-state index contributed by atoms with van der Waals surface area (Å²) in [5, 5.41) is 15.2. The van der Waals surface area contributed by atoms with Crippen LogP contribution >= 0.6 is 0 Å². The van der Waals surface area contributed by atoms with Crippen LogP contribution in [0.25, 0.3) is 5.69 Å². The summed E-state index contributed by atoms with van der Waals surface area (Å²) in [5.74, 6) is -1.94. The van der Waals surface area contributed by atoms with Crippen LogP contribution in [0.5, 0.6) is 0 Å². The van der Waals surface area contributed by atoms with Gasteiger partial charge < -0.3 is 15.2 Å². The summed E-state index contributed by atoms with van der Waals surface area (Å²) in [7, 11) is 1.54. The molecule has 0 aliphatic rings. The van der Waals surface area contributed by atoms with Gasteiger partial charge in [-0.2, -0.15) is 18.3 Å². The molecule has 0 radical (unpaired) electrons. The Kier molecular flexibility index (Phi) is 6.45. The van der Waals surface area contributed by atoms with Gasteiger partial charge in [-0.15, -0.1) is 0 Å². The molecule has 0 spiro atoms. The van der Waals surface area contributed by atoms with Gasteiger partial charge in [0.05, 0.1) is 18.0 Å². The number of carboxylic acid groups (broad SMARTS) is 1. The smallest absolute Gasteiger partial charge is 0.434 e. The fourth-order valence-corrected chi connectivity index (χ4v) is 2.61. The van der Waals surface area contributed by atoms with Crippen molar-refractivity contribution in [3.63, 3.8) is 0 Å². The van der Waals surface area contributed by atoms with E-state index in [2.05, 4.69) is 10.4 Å². The number of carbonyl (C=O) groups excluding carboxylic acids is 1. The van der Waals surface area contributed by atoms with Crippen molar-refractivity contribution in [1.82, 2.24) is 15.1 Å². The minimum Gasteiger partial charge on any atom is -0.478 e. The predicted octanol–water partition coefficient (Wildman–Crippen LogP) is 2.99. The van der Waals surface area contributed by atoms with Crippen molar-refractivity contribution in [3.05, 3.63) is 47.3 Å². The van der Waals surface area contributed by atoms with Gasteiger partial charge in [0.2, 0.25) is 0 Å². The summed E-state index contributed by atoms with van der Waals surface area (Å²) in [6.45, 7) is 4.18. The molecule has 1 amide bonds. The fourth-order valence-electron chi connectivity index (χ4n) is 2.61. The minimum atomic E-state index is -4.91. The van der Waals surface area contributed by atoms with Crippen LogP contribution in [0.1, 0.15) is 40.3 Å². The Morgan fingerprint density at radius 2 is 1.86 bits per heavy atom. The van der Waals surface area contributed by atoms with E-state index in [0.29, 0.717) is 10.9 Å². The first kappa shape index (κ1) is 21.4. The average Bonchev–Trinajstić information content (AvgIpc) is 3.07. The molecule has 7 nitrogen and oxygen atoms in total. The summed E-state index contributed by atoms with van der Waals surface area (Å²) >= 11 is 0. The van der Waals surface area contributed by atoms with E-state index < -0.39 is 29.3 Å². The highest BCUT2D eigenvalue weighted by Gasteiger charge is 2.40. The Bertz CT molecular complexity index is 845. The van der Waals surface area contributed by atoms with E-state index in [0.717, 1.165) is 0 Å². The molecule has 1 heterocycles. The summed E-state index contributed by atoms with van der Waals surface area (Å²) < 4.78 is 45.6. The van der Waals surface area contributed by atoms with Crippen LogP contribution in [0.15, 0.2) is 30.5 Å². The molecule has 1 aromatic carbocycles. The highest BCUT2D eigenvalue weighted by atomic mass is 19.4. The normalized spacial score (nSPS) is 12.8. The van der Waals surface area contributed by atoms with Crippen molar-refractivity contribution >= 4 is 11.9 Å². The van der Waals surface area contributed by atoms with Crippen LogP contribution in [0, 0.1) is 5.92 Å². The van der Waals surface area contributed by atoms with Gasteiger partial charge in [0.15, 0.2) is 5.69 Å². The first-order valence-corrected chi connectivity index (χ1v) is 8.36. The Hall–Kier alpha value is -2.88. The van der Waals surface area contributed by atoms with Crippen molar-refractivity contribution in [2.75, 3.05) is 13.7 Å². The second kappa shape index (κ2) is 8.42. The van der Waals surface area contributed by atoms with Crippen molar-refractivity contribution in [3.8, 4) is 5.69 Å². The maximum Gasteiger partial charge on any atom is 0.434 e. The van der Waals surface area contributed by atoms with Crippen LogP contribution in [0.4, 0.5) is 13.2 Å². The van der Waals surface area contributed by atoms with Crippen molar-refractivity contribution in [2.45, 2.75) is 26.1 Å². The monoisotopic (exact) mass is 399 g/mol. The number of benzene rings is 1. The molecule has 0 fully saturated rings. The largest absolute Gasteiger partial charge is 0.478 e. The lowest BCUT2D eigenvalue weighted by atomic mass is 10.1. The maximum atomic E-state index is 13.3. The van der Waals surface area contributed by atoms with Crippen LogP contribution in [-0.4, -0.2) is 46.5 Å². The molecule has 0 aliphatic carbocycles. The number of halogens is 3. The number of aromatic nitrogens is 2. The lowest BCUT2D eigenvalue weighted by molar-refractivity contribution is -0.143. The Balaban J connectivity index is 2.24. The number of hydrogen-bond acceptors (Lipinski definition) is 4. The first-order valence-electron chi connectivity index (χ1n) is 8.36. The summed E-state index contributed by atoms with van der Waals surface area (Å²) in [5.41, 5.74) is -2.12. The standard InChI is InChI=1S/C18H20F3N3O4/c1-10(2)14(28-3)9-22-16(25)11-4-6-12(7-5-11)24-15(18(19,20)21)13(8-23-24)17(26)27/h4-8,10,14H,9H2,1-3H3,(H,22,25)(H,26,27). The lowest BCUT2D eigenvalue weighted by Crippen LogP contribution is -2.35. The topological polar surface area (TPSA) is 93.5 Å². The third kappa shape index (κ3) is 4.69. The molecule has 2 rings (SSSR count). The van der Waals surface area contributed by atoms with Crippen molar-refractivity contribution < 1.29 is 32.6 Å². The van der Waals surface area contributed by atoms with Gasteiger partial charge in [-0.25, -0.2) is 9.48 Å². The molecular weight excluding hydrogens is 379 g/mol. The van der Waals surface area contributed by atoms with Crippen LogP contribution in [0.2, 0.25) is 0 Å². The third-order valence-electron chi connectivity index (χ3n) is 4.15.